The zero-order valence-electron chi connectivity index (χ0n) is 15.7. The Bertz CT molecular complexity index is 903. The van der Waals surface area contributed by atoms with Gasteiger partial charge >= 0.3 is 0 Å². The van der Waals surface area contributed by atoms with Crippen LogP contribution in [0.3, 0.4) is 0 Å². The zero-order valence-corrected chi connectivity index (χ0v) is 17.3. The van der Waals surface area contributed by atoms with Crippen LogP contribution in [0.1, 0.15) is 24.0 Å². The number of hydrogen-bond acceptors (Lipinski definition) is 3. The second kappa shape index (κ2) is 9.54. The Morgan fingerprint density at radius 3 is 2.61 bits per heavy atom. The van der Waals surface area contributed by atoms with Gasteiger partial charge in [-0.05, 0) is 42.5 Å². The van der Waals surface area contributed by atoms with Crippen molar-refractivity contribution in [1.29, 1.82) is 0 Å². The summed E-state index contributed by atoms with van der Waals surface area (Å²) in [6.07, 6.45) is 2.15. The minimum absolute atomic E-state index is 0.0708. The van der Waals surface area contributed by atoms with Crippen molar-refractivity contribution >= 4 is 27.5 Å². The second-order valence-corrected chi connectivity index (χ2v) is 9.52. The third kappa shape index (κ3) is 5.80. The number of nitrogens with zero attached hydrogens (tertiary/aromatic N) is 1. The molecule has 1 aliphatic rings. The lowest BCUT2D eigenvalue weighted by Crippen LogP contribution is -2.46. The van der Waals surface area contributed by atoms with Gasteiger partial charge in [0.05, 0.1) is 11.7 Å². The van der Waals surface area contributed by atoms with Gasteiger partial charge in [0.15, 0.2) is 0 Å². The largest absolute Gasteiger partial charge is 0.355 e. The molecule has 0 unspecified atom stereocenters. The molecule has 150 valence electrons. The molecule has 1 N–H and O–H groups in total. The van der Waals surface area contributed by atoms with Crippen LogP contribution in [-0.4, -0.2) is 38.3 Å². The fourth-order valence-corrected chi connectivity index (χ4v) is 5.27. The summed E-state index contributed by atoms with van der Waals surface area (Å²) in [5.74, 6) is -0.479. The number of benzene rings is 2. The van der Waals surface area contributed by atoms with Gasteiger partial charge in [-0.3, -0.25) is 4.79 Å². The van der Waals surface area contributed by atoms with Gasteiger partial charge in [0.2, 0.25) is 15.9 Å². The van der Waals surface area contributed by atoms with E-state index in [9.17, 15) is 13.2 Å². The Morgan fingerprint density at radius 1 is 1.11 bits per heavy atom. The number of nitrogens with one attached hydrogen (secondary N) is 1. The van der Waals surface area contributed by atoms with E-state index in [1.165, 1.54) is 4.31 Å². The first-order valence-corrected chi connectivity index (χ1v) is 11.5. The summed E-state index contributed by atoms with van der Waals surface area (Å²) < 4.78 is 27.0. The fraction of sp³-hybridized carbons (Fsp3) is 0.381. The first-order chi connectivity index (χ1) is 13.4. The van der Waals surface area contributed by atoms with Crippen molar-refractivity contribution in [3.05, 3.63) is 70.7 Å². The van der Waals surface area contributed by atoms with Crippen LogP contribution in [0.4, 0.5) is 0 Å². The highest BCUT2D eigenvalue weighted by Crippen LogP contribution is 2.22. The van der Waals surface area contributed by atoms with E-state index in [2.05, 4.69) is 5.32 Å². The summed E-state index contributed by atoms with van der Waals surface area (Å²) in [5, 5.41) is 3.47. The highest BCUT2D eigenvalue weighted by atomic mass is 35.5. The van der Waals surface area contributed by atoms with Crippen LogP contribution in [-0.2, 0) is 27.0 Å². The summed E-state index contributed by atoms with van der Waals surface area (Å²) in [4.78, 5) is 12.5. The maximum Gasteiger partial charge on any atom is 0.224 e. The number of rotatable bonds is 7. The van der Waals surface area contributed by atoms with Crippen molar-refractivity contribution in [3.8, 4) is 0 Å². The standard InChI is InChI=1S/C21H25ClN2O3S/c22-20-10-4-8-18(14-20)16-28(26,27)24-13-5-9-19(15-24)21(25)23-12-11-17-6-2-1-3-7-17/h1-4,6-8,10,14,19H,5,9,11-13,15-16H2,(H,23,25)/t19-/m1/s1. The Morgan fingerprint density at radius 2 is 1.86 bits per heavy atom. The number of hydrogen-bond donors (Lipinski definition) is 1. The molecule has 0 aromatic heterocycles. The third-order valence-electron chi connectivity index (χ3n) is 4.94. The molecule has 0 aliphatic carbocycles. The molecule has 0 bridgehead atoms. The number of halogens is 1. The van der Waals surface area contributed by atoms with Gasteiger partial charge in [0.1, 0.15) is 0 Å². The molecule has 0 saturated carbocycles. The monoisotopic (exact) mass is 420 g/mol. The second-order valence-electron chi connectivity index (χ2n) is 7.11. The molecular weight excluding hydrogens is 396 g/mol. The lowest BCUT2D eigenvalue weighted by atomic mass is 9.99. The maximum atomic E-state index is 12.8. The highest BCUT2D eigenvalue weighted by Gasteiger charge is 2.32. The summed E-state index contributed by atoms with van der Waals surface area (Å²) in [7, 11) is -3.49. The molecule has 5 nitrogen and oxygen atoms in total. The SMILES string of the molecule is O=C(NCCc1ccccc1)[C@@H]1CCCN(S(=O)(=O)Cc2cccc(Cl)c2)C1. The summed E-state index contributed by atoms with van der Waals surface area (Å²) in [6.45, 7) is 1.24. The van der Waals surface area contributed by atoms with Gasteiger partial charge < -0.3 is 5.32 Å². The summed E-state index contributed by atoms with van der Waals surface area (Å²) in [5.41, 5.74) is 1.82. The van der Waals surface area contributed by atoms with Crippen molar-refractivity contribution in [3.63, 3.8) is 0 Å². The molecule has 1 heterocycles. The van der Waals surface area contributed by atoms with E-state index in [1.54, 1.807) is 24.3 Å². The summed E-state index contributed by atoms with van der Waals surface area (Å²) in [6, 6.07) is 16.8. The quantitative estimate of drug-likeness (QED) is 0.747. The van der Waals surface area contributed by atoms with Crippen molar-refractivity contribution in [2.24, 2.45) is 5.92 Å². The molecule has 3 rings (SSSR count). The Labute approximate surface area is 171 Å². The normalized spacial score (nSPS) is 18.0. The van der Waals surface area contributed by atoms with E-state index in [0.717, 1.165) is 12.0 Å². The van der Waals surface area contributed by atoms with E-state index in [-0.39, 0.29) is 24.1 Å². The van der Waals surface area contributed by atoms with E-state index >= 15 is 0 Å². The molecule has 0 spiro atoms. The average molecular weight is 421 g/mol. The maximum absolute atomic E-state index is 12.8. The predicted octanol–water partition coefficient (Wildman–Crippen LogP) is 3.24. The fourth-order valence-electron chi connectivity index (χ4n) is 3.46. The van der Waals surface area contributed by atoms with E-state index < -0.39 is 10.0 Å². The van der Waals surface area contributed by atoms with Crippen LogP contribution >= 0.6 is 11.6 Å². The summed E-state index contributed by atoms with van der Waals surface area (Å²) >= 11 is 5.96. The van der Waals surface area contributed by atoms with Crippen molar-refractivity contribution in [1.82, 2.24) is 9.62 Å². The molecule has 0 radical (unpaired) electrons. The molecule has 1 amide bonds. The molecule has 7 heteroatoms. The minimum atomic E-state index is -3.49. The molecule has 28 heavy (non-hydrogen) atoms. The Hall–Kier alpha value is -1.89. The average Bonchev–Trinajstić information content (AvgIpc) is 2.68. The van der Waals surface area contributed by atoms with Crippen LogP contribution in [0.15, 0.2) is 54.6 Å². The lowest BCUT2D eigenvalue weighted by Gasteiger charge is -2.31. The van der Waals surface area contributed by atoms with Gasteiger partial charge in [-0.2, -0.15) is 0 Å². The molecular formula is C21H25ClN2O3S. The van der Waals surface area contributed by atoms with E-state index in [0.29, 0.717) is 36.5 Å². The molecule has 1 atom stereocenters. The van der Waals surface area contributed by atoms with Crippen molar-refractivity contribution < 1.29 is 13.2 Å². The first-order valence-electron chi connectivity index (χ1n) is 9.48. The lowest BCUT2D eigenvalue weighted by molar-refractivity contribution is -0.126. The first kappa shape index (κ1) is 20.8. The van der Waals surface area contributed by atoms with Crippen molar-refractivity contribution in [2.75, 3.05) is 19.6 Å². The zero-order chi connectivity index (χ0) is 20.0. The van der Waals surface area contributed by atoms with Crippen LogP contribution in [0.5, 0.6) is 0 Å². The van der Waals surface area contributed by atoms with Gasteiger partial charge in [-0.15, -0.1) is 0 Å². The molecule has 1 fully saturated rings. The van der Waals surface area contributed by atoms with E-state index in [4.69, 9.17) is 11.6 Å². The van der Waals surface area contributed by atoms with Crippen LogP contribution in [0.2, 0.25) is 5.02 Å². The molecule has 2 aromatic carbocycles. The number of sulfonamides is 1. The molecule has 1 saturated heterocycles. The molecule has 2 aromatic rings. The van der Waals surface area contributed by atoms with Gasteiger partial charge in [0, 0.05) is 24.7 Å². The molecule has 1 aliphatic heterocycles. The van der Waals surface area contributed by atoms with Crippen LogP contribution < -0.4 is 5.32 Å². The highest BCUT2D eigenvalue weighted by molar-refractivity contribution is 7.88. The van der Waals surface area contributed by atoms with Gasteiger partial charge in [0.25, 0.3) is 0 Å². The predicted molar refractivity (Wildman–Crippen MR) is 112 cm³/mol. The number of carbonyl (C=O) groups excluding carboxylic acids is 1. The number of carbonyl (C=O) groups is 1. The van der Waals surface area contributed by atoms with Gasteiger partial charge in [-0.1, -0.05) is 54.1 Å². The van der Waals surface area contributed by atoms with Crippen molar-refractivity contribution in [2.45, 2.75) is 25.0 Å². The van der Waals surface area contributed by atoms with E-state index in [1.807, 2.05) is 30.3 Å². The minimum Gasteiger partial charge on any atom is -0.355 e. The smallest absolute Gasteiger partial charge is 0.224 e. The number of piperidine rings is 1. The Kier molecular flexibility index (Phi) is 7.10. The Balaban J connectivity index is 1.54. The van der Waals surface area contributed by atoms with Crippen LogP contribution in [0.25, 0.3) is 0 Å². The topological polar surface area (TPSA) is 66.5 Å². The third-order valence-corrected chi connectivity index (χ3v) is 6.99. The van der Waals surface area contributed by atoms with Crippen LogP contribution in [0, 0.1) is 5.92 Å². The van der Waals surface area contributed by atoms with Gasteiger partial charge in [-0.25, -0.2) is 12.7 Å². The number of amides is 1.